The number of anilines is 2. The van der Waals surface area contributed by atoms with Crippen molar-refractivity contribution < 1.29 is 4.79 Å². The van der Waals surface area contributed by atoms with Crippen LogP contribution in [0.25, 0.3) is 0 Å². The van der Waals surface area contributed by atoms with Crippen LogP contribution >= 0.6 is 11.6 Å². The maximum atomic E-state index is 11.6. The molecule has 0 atom stereocenters. The van der Waals surface area contributed by atoms with Crippen LogP contribution in [-0.4, -0.2) is 11.9 Å². The fourth-order valence-corrected chi connectivity index (χ4v) is 1.38. The topological polar surface area (TPSA) is 81.1 Å². The van der Waals surface area contributed by atoms with Crippen molar-refractivity contribution in [3.63, 3.8) is 0 Å². The predicted octanol–water partition coefficient (Wildman–Crippen LogP) is 1.64. The molecule has 1 rings (SSSR count). The smallest absolute Gasteiger partial charge is 0.253 e. The highest BCUT2D eigenvalue weighted by Gasteiger charge is 2.13. The van der Waals surface area contributed by atoms with Gasteiger partial charge in [-0.15, -0.1) is 0 Å². The third-order valence-corrected chi connectivity index (χ3v) is 2.15. The average Bonchev–Trinajstić information content (AvgIpc) is 2.09. The van der Waals surface area contributed by atoms with E-state index in [0.29, 0.717) is 22.0 Å². The van der Waals surface area contributed by atoms with E-state index in [1.165, 1.54) is 12.1 Å². The van der Waals surface area contributed by atoms with Crippen LogP contribution < -0.4 is 16.8 Å². The molecule has 0 fully saturated rings. The molecule has 15 heavy (non-hydrogen) atoms. The monoisotopic (exact) mass is 227 g/mol. The molecule has 1 aromatic rings. The molecular weight excluding hydrogens is 214 g/mol. The molecular formula is C10H14ClN3O. The molecule has 0 unspecified atom stereocenters. The van der Waals surface area contributed by atoms with Crippen molar-refractivity contribution in [2.45, 2.75) is 19.9 Å². The maximum absolute atomic E-state index is 11.6. The molecule has 0 aromatic heterocycles. The zero-order chi connectivity index (χ0) is 11.6. The van der Waals surface area contributed by atoms with Gasteiger partial charge >= 0.3 is 0 Å². The molecule has 0 aliphatic heterocycles. The van der Waals surface area contributed by atoms with Crippen LogP contribution in [0.15, 0.2) is 12.1 Å². The molecule has 4 nitrogen and oxygen atoms in total. The van der Waals surface area contributed by atoms with Gasteiger partial charge in [0.1, 0.15) is 0 Å². The van der Waals surface area contributed by atoms with Gasteiger partial charge in [-0.25, -0.2) is 0 Å². The van der Waals surface area contributed by atoms with Gasteiger partial charge in [-0.3, -0.25) is 4.79 Å². The third-order valence-electron chi connectivity index (χ3n) is 1.84. The van der Waals surface area contributed by atoms with Crippen molar-refractivity contribution in [3.8, 4) is 0 Å². The second-order valence-corrected chi connectivity index (χ2v) is 4.00. The Balaban J connectivity index is 3.04. The van der Waals surface area contributed by atoms with Crippen LogP contribution in [0.2, 0.25) is 5.02 Å². The molecule has 5 N–H and O–H groups in total. The van der Waals surface area contributed by atoms with E-state index in [1.54, 1.807) is 0 Å². The quantitative estimate of drug-likeness (QED) is 0.672. The van der Waals surface area contributed by atoms with E-state index in [0.717, 1.165) is 0 Å². The lowest BCUT2D eigenvalue weighted by molar-refractivity contribution is 0.0943. The van der Waals surface area contributed by atoms with Crippen LogP contribution in [0, 0.1) is 0 Å². The van der Waals surface area contributed by atoms with Crippen LogP contribution in [0.5, 0.6) is 0 Å². The first-order valence-electron chi connectivity index (χ1n) is 4.57. The third kappa shape index (κ3) is 2.76. The number of hydrogen-bond donors (Lipinski definition) is 3. The zero-order valence-corrected chi connectivity index (χ0v) is 9.43. The first-order chi connectivity index (χ1) is 6.91. The van der Waals surface area contributed by atoms with Gasteiger partial charge in [0.15, 0.2) is 0 Å². The number of hydrogen-bond acceptors (Lipinski definition) is 3. The van der Waals surface area contributed by atoms with Gasteiger partial charge < -0.3 is 16.8 Å². The number of rotatable bonds is 2. The summed E-state index contributed by atoms with van der Waals surface area (Å²) in [4.78, 5) is 11.6. The predicted molar refractivity (Wildman–Crippen MR) is 62.9 cm³/mol. The Morgan fingerprint density at radius 2 is 1.87 bits per heavy atom. The Morgan fingerprint density at radius 3 is 2.40 bits per heavy atom. The number of carbonyl (C=O) groups is 1. The SMILES string of the molecule is CC(C)NC(=O)c1cc(N)c(N)cc1Cl. The van der Waals surface area contributed by atoms with Gasteiger partial charge in [0.2, 0.25) is 0 Å². The second-order valence-electron chi connectivity index (χ2n) is 3.59. The van der Waals surface area contributed by atoms with Gasteiger partial charge in [-0.05, 0) is 26.0 Å². The summed E-state index contributed by atoms with van der Waals surface area (Å²) in [5.41, 5.74) is 12.2. The number of carbonyl (C=O) groups excluding carboxylic acids is 1. The summed E-state index contributed by atoms with van der Waals surface area (Å²) < 4.78 is 0. The normalized spacial score (nSPS) is 10.4. The molecule has 82 valence electrons. The van der Waals surface area contributed by atoms with Crippen LogP contribution in [0.1, 0.15) is 24.2 Å². The van der Waals surface area contributed by atoms with Crippen molar-refractivity contribution >= 4 is 28.9 Å². The summed E-state index contributed by atoms with van der Waals surface area (Å²) in [6, 6.07) is 3.01. The maximum Gasteiger partial charge on any atom is 0.253 e. The van der Waals surface area contributed by atoms with E-state index in [4.69, 9.17) is 23.1 Å². The lowest BCUT2D eigenvalue weighted by Crippen LogP contribution is -2.30. The number of benzene rings is 1. The molecule has 0 bridgehead atoms. The Labute approximate surface area is 93.6 Å². The Bertz CT molecular complexity index is 390. The van der Waals surface area contributed by atoms with Crippen molar-refractivity contribution in [1.29, 1.82) is 0 Å². The van der Waals surface area contributed by atoms with Crippen molar-refractivity contribution in [2.24, 2.45) is 0 Å². The molecule has 0 radical (unpaired) electrons. The first kappa shape index (κ1) is 11.7. The van der Waals surface area contributed by atoms with Crippen LogP contribution in [0.3, 0.4) is 0 Å². The highest BCUT2D eigenvalue weighted by Crippen LogP contribution is 2.24. The lowest BCUT2D eigenvalue weighted by atomic mass is 10.1. The molecule has 0 saturated heterocycles. The van der Waals surface area contributed by atoms with Gasteiger partial charge in [0.25, 0.3) is 5.91 Å². The van der Waals surface area contributed by atoms with E-state index < -0.39 is 0 Å². The summed E-state index contributed by atoms with van der Waals surface area (Å²) in [7, 11) is 0. The van der Waals surface area contributed by atoms with E-state index in [1.807, 2.05) is 13.8 Å². The molecule has 5 heteroatoms. The Kier molecular flexibility index (Phi) is 3.42. The number of nitrogens with two attached hydrogens (primary N) is 2. The molecule has 0 aliphatic rings. The lowest BCUT2D eigenvalue weighted by Gasteiger charge is -2.11. The summed E-state index contributed by atoms with van der Waals surface area (Å²) in [5.74, 6) is -0.248. The fraction of sp³-hybridized carbons (Fsp3) is 0.300. The van der Waals surface area contributed by atoms with Gasteiger partial charge in [0.05, 0.1) is 22.0 Å². The van der Waals surface area contributed by atoms with Crippen LogP contribution in [-0.2, 0) is 0 Å². The van der Waals surface area contributed by atoms with E-state index >= 15 is 0 Å². The minimum Gasteiger partial charge on any atom is -0.397 e. The van der Waals surface area contributed by atoms with E-state index in [9.17, 15) is 4.79 Å². The number of amides is 1. The average molecular weight is 228 g/mol. The Morgan fingerprint density at radius 1 is 1.33 bits per heavy atom. The minimum absolute atomic E-state index is 0.0485. The molecule has 0 heterocycles. The molecule has 1 amide bonds. The number of nitrogen functional groups attached to an aromatic ring is 2. The summed E-state index contributed by atoms with van der Waals surface area (Å²) >= 11 is 5.88. The highest BCUT2D eigenvalue weighted by atomic mass is 35.5. The Hall–Kier alpha value is -1.42. The number of nitrogens with one attached hydrogen (secondary N) is 1. The van der Waals surface area contributed by atoms with Crippen molar-refractivity contribution in [2.75, 3.05) is 11.5 Å². The highest BCUT2D eigenvalue weighted by molar-refractivity contribution is 6.34. The van der Waals surface area contributed by atoms with Crippen LogP contribution in [0.4, 0.5) is 11.4 Å². The van der Waals surface area contributed by atoms with Gasteiger partial charge in [0, 0.05) is 6.04 Å². The molecule has 0 aliphatic carbocycles. The minimum atomic E-state index is -0.248. The first-order valence-corrected chi connectivity index (χ1v) is 4.95. The largest absolute Gasteiger partial charge is 0.397 e. The fourth-order valence-electron chi connectivity index (χ4n) is 1.12. The van der Waals surface area contributed by atoms with E-state index in [2.05, 4.69) is 5.32 Å². The van der Waals surface area contributed by atoms with Gasteiger partial charge in [-0.1, -0.05) is 11.6 Å². The molecule has 0 spiro atoms. The van der Waals surface area contributed by atoms with Crippen molar-refractivity contribution in [3.05, 3.63) is 22.7 Å². The molecule has 1 aromatic carbocycles. The summed E-state index contributed by atoms with van der Waals surface area (Å²) in [6.45, 7) is 3.74. The van der Waals surface area contributed by atoms with E-state index in [-0.39, 0.29) is 11.9 Å². The zero-order valence-electron chi connectivity index (χ0n) is 8.67. The van der Waals surface area contributed by atoms with Gasteiger partial charge in [-0.2, -0.15) is 0 Å². The summed E-state index contributed by atoms with van der Waals surface area (Å²) in [5, 5.41) is 3.03. The molecule has 0 saturated carbocycles. The van der Waals surface area contributed by atoms with Crippen molar-refractivity contribution in [1.82, 2.24) is 5.32 Å². The standard InChI is InChI=1S/C10H14ClN3O/c1-5(2)14-10(15)6-3-8(12)9(13)4-7(6)11/h3-5H,12-13H2,1-2H3,(H,14,15). The second kappa shape index (κ2) is 4.40. The summed E-state index contributed by atoms with van der Waals surface area (Å²) in [6.07, 6.45) is 0. The number of halogens is 1.